The van der Waals surface area contributed by atoms with E-state index in [9.17, 15) is 14.4 Å². The van der Waals surface area contributed by atoms with Crippen LogP contribution in [0.5, 0.6) is 0 Å². The highest BCUT2D eigenvalue weighted by atomic mass is 16.5. The first kappa shape index (κ1) is 20.1. The normalized spacial score (nSPS) is 11.6. The lowest BCUT2D eigenvalue weighted by Gasteiger charge is -2.17. The lowest BCUT2D eigenvalue weighted by Crippen LogP contribution is -2.24. The molecular formula is C26H19NO4. The van der Waals surface area contributed by atoms with Crippen LogP contribution >= 0.6 is 0 Å². The second-order valence-corrected chi connectivity index (χ2v) is 7.00. The van der Waals surface area contributed by atoms with E-state index in [0.29, 0.717) is 24.1 Å². The number of carbonyl (C=O) groups is 3. The molecule has 0 bridgehead atoms. The van der Waals surface area contributed by atoms with Gasteiger partial charge in [0.1, 0.15) is 6.61 Å². The number of hydrogen-bond donors (Lipinski definition) is 1. The van der Waals surface area contributed by atoms with E-state index in [2.05, 4.69) is 17.2 Å². The number of ether oxygens (including phenoxy) is 1. The van der Waals surface area contributed by atoms with Gasteiger partial charge in [0.2, 0.25) is 11.6 Å². The number of Topliss-reactive ketones (excluding diaryl/α,β-unsaturated/α-hetero) is 2. The van der Waals surface area contributed by atoms with Gasteiger partial charge in [-0.1, -0.05) is 66.4 Å². The van der Waals surface area contributed by atoms with Gasteiger partial charge in [-0.15, -0.1) is 0 Å². The van der Waals surface area contributed by atoms with E-state index in [1.165, 1.54) is 0 Å². The van der Waals surface area contributed by atoms with Crippen LogP contribution in [0.4, 0.5) is 4.79 Å². The number of ketones is 2. The fourth-order valence-corrected chi connectivity index (χ4v) is 3.37. The van der Waals surface area contributed by atoms with Crippen LogP contribution in [0.2, 0.25) is 0 Å². The molecule has 0 saturated carbocycles. The minimum atomic E-state index is -0.494. The molecular weight excluding hydrogens is 390 g/mol. The fraction of sp³-hybridized carbons (Fsp3) is 0.115. The van der Waals surface area contributed by atoms with Crippen molar-refractivity contribution in [1.82, 2.24) is 5.32 Å². The molecule has 31 heavy (non-hydrogen) atoms. The zero-order valence-corrected chi connectivity index (χ0v) is 16.7. The number of alkyl carbamates (subject to hydrolysis) is 1. The van der Waals surface area contributed by atoms with Crippen molar-refractivity contribution in [3.63, 3.8) is 0 Å². The number of benzene rings is 3. The summed E-state index contributed by atoms with van der Waals surface area (Å²) in [6, 6.07) is 21.7. The van der Waals surface area contributed by atoms with E-state index in [1.807, 2.05) is 48.5 Å². The summed E-state index contributed by atoms with van der Waals surface area (Å²) in [5, 5.41) is 2.67. The summed E-state index contributed by atoms with van der Waals surface area (Å²) < 4.78 is 5.15. The molecule has 0 unspecified atom stereocenters. The summed E-state index contributed by atoms with van der Waals surface area (Å²) in [6.45, 7) is 0.581. The van der Waals surface area contributed by atoms with Crippen LogP contribution in [0.1, 0.15) is 38.3 Å². The predicted molar refractivity (Wildman–Crippen MR) is 117 cm³/mol. The summed E-state index contributed by atoms with van der Waals surface area (Å²) in [6.07, 6.45) is -0.0369. The van der Waals surface area contributed by atoms with Crippen LogP contribution in [0, 0.1) is 11.8 Å². The Morgan fingerprint density at radius 1 is 0.806 bits per heavy atom. The lowest BCUT2D eigenvalue weighted by molar-refractivity contribution is 0.0815. The highest BCUT2D eigenvalue weighted by Crippen LogP contribution is 2.33. The fourth-order valence-electron chi connectivity index (χ4n) is 3.37. The SMILES string of the molecule is O=C(NCCC#Cc1ccc2c(c1)-c1ccccc1C(=O)C2=O)OCc1ccccc1. The summed E-state index contributed by atoms with van der Waals surface area (Å²) in [7, 11) is 0. The second-order valence-electron chi connectivity index (χ2n) is 7.00. The van der Waals surface area contributed by atoms with Crippen molar-refractivity contribution in [2.45, 2.75) is 13.0 Å². The molecule has 0 spiro atoms. The zero-order valence-electron chi connectivity index (χ0n) is 16.7. The third-order valence-corrected chi connectivity index (χ3v) is 4.90. The molecule has 0 aromatic heterocycles. The van der Waals surface area contributed by atoms with Crippen molar-refractivity contribution in [2.24, 2.45) is 0 Å². The van der Waals surface area contributed by atoms with Gasteiger partial charge in [0.15, 0.2) is 0 Å². The molecule has 1 N–H and O–H groups in total. The first-order chi connectivity index (χ1) is 15.1. The summed E-state index contributed by atoms with van der Waals surface area (Å²) in [5.41, 5.74) is 3.94. The lowest BCUT2D eigenvalue weighted by atomic mass is 9.83. The first-order valence-corrected chi connectivity index (χ1v) is 9.89. The third-order valence-electron chi connectivity index (χ3n) is 4.90. The molecule has 1 aliphatic carbocycles. The van der Waals surface area contributed by atoms with Gasteiger partial charge in [0.25, 0.3) is 0 Å². The van der Waals surface area contributed by atoms with E-state index < -0.39 is 17.7 Å². The molecule has 3 aromatic rings. The molecule has 152 valence electrons. The van der Waals surface area contributed by atoms with Crippen molar-refractivity contribution in [3.8, 4) is 23.0 Å². The predicted octanol–water partition coefficient (Wildman–Crippen LogP) is 4.40. The van der Waals surface area contributed by atoms with E-state index in [0.717, 1.165) is 22.3 Å². The van der Waals surface area contributed by atoms with Crippen LogP contribution in [0.3, 0.4) is 0 Å². The Balaban J connectivity index is 1.35. The Morgan fingerprint density at radius 2 is 1.48 bits per heavy atom. The van der Waals surface area contributed by atoms with Gasteiger partial charge < -0.3 is 10.1 Å². The number of fused-ring (bicyclic) bond motifs is 3. The largest absolute Gasteiger partial charge is 0.445 e. The van der Waals surface area contributed by atoms with Crippen molar-refractivity contribution in [1.29, 1.82) is 0 Å². The average Bonchev–Trinajstić information content (AvgIpc) is 2.81. The number of rotatable bonds is 4. The maximum absolute atomic E-state index is 12.4. The number of amides is 1. The molecule has 0 radical (unpaired) electrons. The van der Waals surface area contributed by atoms with Crippen LogP contribution in [-0.4, -0.2) is 24.2 Å². The summed E-state index contributed by atoms with van der Waals surface area (Å²) in [4.78, 5) is 36.4. The molecule has 3 aromatic carbocycles. The van der Waals surface area contributed by atoms with Gasteiger partial charge in [0.05, 0.1) is 0 Å². The van der Waals surface area contributed by atoms with Crippen molar-refractivity contribution >= 4 is 17.7 Å². The smallest absolute Gasteiger partial charge is 0.407 e. The summed E-state index contributed by atoms with van der Waals surface area (Å²) in [5.74, 6) is 5.08. The highest BCUT2D eigenvalue weighted by molar-refractivity contribution is 6.53. The molecule has 0 heterocycles. The van der Waals surface area contributed by atoms with Gasteiger partial charge in [0, 0.05) is 29.7 Å². The van der Waals surface area contributed by atoms with E-state index in [4.69, 9.17) is 4.74 Å². The molecule has 0 saturated heterocycles. The van der Waals surface area contributed by atoms with E-state index in [-0.39, 0.29) is 6.61 Å². The highest BCUT2D eigenvalue weighted by Gasteiger charge is 2.29. The maximum Gasteiger partial charge on any atom is 0.407 e. The second kappa shape index (κ2) is 9.10. The van der Waals surface area contributed by atoms with Crippen LogP contribution < -0.4 is 5.32 Å². The monoisotopic (exact) mass is 409 g/mol. The van der Waals surface area contributed by atoms with Gasteiger partial charge in [-0.3, -0.25) is 9.59 Å². The standard InChI is InChI=1S/C26H19NO4/c28-24-21-12-5-4-11-20(21)23-16-18(13-14-22(23)25(24)29)8-6-7-15-27-26(30)31-17-19-9-2-1-3-10-19/h1-5,9-14,16H,7,15,17H2,(H,27,30). The van der Waals surface area contributed by atoms with Gasteiger partial charge in [-0.25, -0.2) is 4.79 Å². The quantitative estimate of drug-likeness (QED) is 0.394. The third kappa shape index (κ3) is 4.54. The van der Waals surface area contributed by atoms with Gasteiger partial charge >= 0.3 is 6.09 Å². The Morgan fingerprint density at radius 3 is 2.26 bits per heavy atom. The molecule has 0 atom stereocenters. The number of nitrogens with one attached hydrogen (secondary N) is 1. The molecule has 0 fully saturated rings. The molecule has 1 aliphatic rings. The van der Waals surface area contributed by atoms with E-state index >= 15 is 0 Å². The minimum Gasteiger partial charge on any atom is -0.445 e. The van der Waals surface area contributed by atoms with E-state index in [1.54, 1.807) is 24.3 Å². The summed E-state index contributed by atoms with van der Waals surface area (Å²) >= 11 is 0. The van der Waals surface area contributed by atoms with Crippen molar-refractivity contribution < 1.29 is 19.1 Å². The Bertz CT molecular complexity index is 1220. The van der Waals surface area contributed by atoms with Gasteiger partial charge in [-0.05, 0) is 34.9 Å². The number of hydrogen-bond acceptors (Lipinski definition) is 4. The van der Waals surface area contributed by atoms with Gasteiger partial charge in [-0.2, -0.15) is 0 Å². The maximum atomic E-state index is 12.4. The molecule has 5 nitrogen and oxygen atoms in total. The Hall–Kier alpha value is -4.17. The zero-order chi connectivity index (χ0) is 21.6. The first-order valence-electron chi connectivity index (χ1n) is 9.89. The molecule has 1 amide bonds. The Kier molecular flexibility index (Phi) is 5.91. The van der Waals surface area contributed by atoms with Crippen LogP contribution in [0.25, 0.3) is 11.1 Å². The Labute approximate surface area is 180 Å². The number of carbonyl (C=O) groups excluding carboxylic acids is 3. The molecule has 4 rings (SSSR count). The molecule has 5 heteroatoms. The van der Waals surface area contributed by atoms with Crippen molar-refractivity contribution in [2.75, 3.05) is 6.54 Å². The minimum absolute atomic E-state index is 0.218. The van der Waals surface area contributed by atoms with Crippen molar-refractivity contribution in [3.05, 3.63) is 95.1 Å². The van der Waals surface area contributed by atoms with Crippen LogP contribution in [0.15, 0.2) is 72.8 Å². The van der Waals surface area contributed by atoms with Crippen LogP contribution in [-0.2, 0) is 11.3 Å². The average molecular weight is 409 g/mol. The topological polar surface area (TPSA) is 72.5 Å². The molecule has 0 aliphatic heterocycles.